The molecule has 0 fully saturated rings. The highest BCUT2D eigenvalue weighted by Gasteiger charge is 2.31. The van der Waals surface area contributed by atoms with Crippen LogP contribution >= 0.6 is 0 Å². The Bertz CT molecular complexity index is 1690. The van der Waals surface area contributed by atoms with Gasteiger partial charge in [-0.2, -0.15) is 0 Å². The lowest BCUT2D eigenvalue weighted by Gasteiger charge is -2.28. The largest absolute Gasteiger partial charge is 0.493 e. The highest BCUT2D eigenvalue weighted by molar-refractivity contribution is 5.86. The molecule has 2 aliphatic rings. The SMILES string of the molecule is CC[C@@H](C)[C@H](Nc1ccc2c(cc1=O)[C@@H](NC(C)=O)CCc1cc(OC)c(OC)c(OC)c1-2)C(=O)NCC1COc2ccccc2O1. The molecule has 3 aromatic carbocycles. The number of ether oxygens (including phenoxy) is 5. The first-order valence-electron chi connectivity index (χ1n) is 15.9. The van der Waals surface area contributed by atoms with E-state index in [0.29, 0.717) is 65.7 Å². The Balaban J connectivity index is 1.50. The number of nitrogens with one attached hydrogen (secondary N) is 3. The van der Waals surface area contributed by atoms with Gasteiger partial charge in [-0.05, 0) is 65.8 Å². The van der Waals surface area contributed by atoms with Gasteiger partial charge in [-0.15, -0.1) is 0 Å². The predicted molar refractivity (Wildman–Crippen MR) is 179 cm³/mol. The fourth-order valence-electron chi connectivity index (χ4n) is 6.18. The second-order valence-electron chi connectivity index (χ2n) is 11.8. The van der Waals surface area contributed by atoms with E-state index in [1.54, 1.807) is 33.5 Å². The van der Waals surface area contributed by atoms with Crippen LogP contribution in [0.25, 0.3) is 11.1 Å². The van der Waals surface area contributed by atoms with Crippen LogP contribution in [0.2, 0.25) is 0 Å². The van der Waals surface area contributed by atoms with E-state index in [4.69, 9.17) is 23.7 Å². The molecule has 11 nitrogen and oxygen atoms in total. The van der Waals surface area contributed by atoms with Crippen LogP contribution in [-0.2, 0) is 16.0 Å². The Kier molecular flexibility index (Phi) is 10.4. The number of fused-ring (bicyclic) bond motifs is 4. The summed E-state index contributed by atoms with van der Waals surface area (Å²) in [6.45, 7) is 5.96. The third kappa shape index (κ3) is 7.08. The number of rotatable bonds is 11. The molecule has 5 rings (SSSR count). The van der Waals surface area contributed by atoms with Crippen LogP contribution in [0.15, 0.2) is 53.3 Å². The fourth-order valence-corrected chi connectivity index (χ4v) is 6.18. The van der Waals surface area contributed by atoms with Crippen LogP contribution in [0.4, 0.5) is 5.69 Å². The van der Waals surface area contributed by atoms with Crippen molar-refractivity contribution >= 4 is 17.5 Å². The number of hydrogen-bond acceptors (Lipinski definition) is 9. The van der Waals surface area contributed by atoms with E-state index >= 15 is 0 Å². The number of carbonyl (C=O) groups excluding carboxylic acids is 2. The number of amides is 2. The second-order valence-corrected chi connectivity index (χ2v) is 11.8. The maximum Gasteiger partial charge on any atom is 0.242 e. The summed E-state index contributed by atoms with van der Waals surface area (Å²) in [6, 6.07) is 13.2. The van der Waals surface area contributed by atoms with E-state index in [1.165, 1.54) is 6.92 Å². The zero-order valence-corrected chi connectivity index (χ0v) is 27.7. The average molecular weight is 646 g/mol. The van der Waals surface area contributed by atoms with Crippen molar-refractivity contribution in [1.29, 1.82) is 0 Å². The molecule has 2 amide bonds. The molecule has 0 saturated carbocycles. The predicted octanol–water partition coefficient (Wildman–Crippen LogP) is 4.65. The number of anilines is 1. The molecule has 0 radical (unpaired) electrons. The van der Waals surface area contributed by atoms with Crippen molar-refractivity contribution in [2.75, 3.05) is 39.8 Å². The molecule has 47 heavy (non-hydrogen) atoms. The van der Waals surface area contributed by atoms with Gasteiger partial charge in [-0.1, -0.05) is 38.5 Å². The summed E-state index contributed by atoms with van der Waals surface area (Å²) in [5.41, 5.74) is 2.97. The van der Waals surface area contributed by atoms with E-state index in [9.17, 15) is 14.4 Å². The molecule has 0 saturated heterocycles. The van der Waals surface area contributed by atoms with E-state index in [-0.39, 0.29) is 41.5 Å². The summed E-state index contributed by atoms with van der Waals surface area (Å²) in [5, 5.41) is 9.26. The lowest BCUT2D eigenvalue weighted by molar-refractivity contribution is -0.123. The molecule has 11 heteroatoms. The lowest BCUT2D eigenvalue weighted by Crippen LogP contribution is -2.48. The molecular formula is C36H43N3O8. The van der Waals surface area contributed by atoms with Crippen molar-refractivity contribution in [3.63, 3.8) is 0 Å². The Morgan fingerprint density at radius 1 is 1.00 bits per heavy atom. The van der Waals surface area contributed by atoms with Crippen LogP contribution in [-0.4, -0.2) is 58.4 Å². The van der Waals surface area contributed by atoms with Gasteiger partial charge in [0, 0.05) is 12.5 Å². The quantitative estimate of drug-likeness (QED) is 0.273. The van der Waals surface area contributed by atoms with Gasteiger partial charge < -0.3 is 39.6 Å². The number of methoxy groups -OCH3 is 3. The summed E-state index contributed by atoms with van der Waals surface area (Å²) in [6.07, 6.45) is 1.47. The number of para-hydroxylation sites is 2. The van der Waals surface area contributed by atoms with Crippen LogP contribution in [0, 0.1) is 5.92 Å². The number of carbonyl (C=O) groups is 2. The monoisotopic (exact) mass is 645 g/mol. The summed E-state index contributed by atoms with van der Waals surface area (Å²) < 4.78 is 29.0. The molecule has 0 aromatic heterocycles. The highest BCUT2D eigenvalue weighted by Crippen LogP contribution is 2.50. The number of aryl methyl sites for hydroxylation is 1. The standard InChI is InChI=1S/C36H43N3O8/c1-7-20(2)33(36(42)37-18-23-19-46-29-10-8-9-11-30(29)47-23)39-27-15-13-24-25(17-28(27)41)26(38-21(3)40)14-12-22-16-31(43-4)34(44-5)35(45-6)32(22)24/h8-11,13,15-17,20,23,26,33H,7,12,14,18-19H2,1-6H3,(H,37,42)(H,38,40)(H,39,41)/t20-,23?,26+,33+/m1/s1. The molecule has 0 spiro atoms. The first-order valence-corrected chi connectivity index (χ1v) is 15.9. The van der Waals surface area contributed by atoms with Gasteiger partial charge in [0.1, 0.15) is 18.8 Å². The molecule has 250 valence electrons. The Morgan fingerprint density at radius 2 is 1.74 bits per heavy atom. The number of benzene rings is 2. The van der Waals surface area contributed by atoms with E-state index in [0.717, 1.165) is 11.1 Å². The molecule has 1 aliphatic carbocycles. The molecule has 3 N–H and O–H groups in total. The minimum Gasteiger partial charge on any atom is -0.493 e. The molecular weight excluding hydrogens is 602 g/mol. The smallest absolute Gasteiger partial charge is 0.242 e. The maximum absolute atomic E-state index is 13.9. The van der Waals surface area contributed by atoms with Crippen LogP contribution in [0.1, 0.15) is 50.8 Å². The first-order chi connectivity index (χ1) is 22.7. The van der Waals surface area contributed by atoms with Crippen molar-refractivity contribution in [2.45, 2.75) is 58.2 Å². The van der Waals surface area contributed by atoms with Crippen LogP contribution < -0.4 is 45.1 Å². The first kappa shape index (κ1) is 33.4. The van der Waals surface area contributed by atoms with Crippen molar-refractivity contribution in [2.24, 2.45) is 5.92 Å². The van der Waals surface area contributed by atoms with Gasteiger partial charge in [0.25, 0.3) is 0 Å². The van der Waals surface area contributed by atoms with E-state index < -0.39 is 12.1 Å². The summed E-state index contributed by atoms with van der Waals surface area (Å²) in [4.78, 5) is 39.8. The fraction of sp³-hybridized carbons (Fsp3) is 0.417. The second kappa shape index (κ2) is 14.7. The van der Waals surface area contributed by atoms with Gasteiger partial charge in [0.15, 0.2) is 23.0 Å². The molecule has 4 atom stereocenters. The maximum atomic E-state index is 13.9. The van der Waals surface area contributed by atoms with Gasteiger partial charge in [0.2, 0.25) is 23.0 Å². The summed E-state index contributed by atoms with van der Waals surface area (Å²) in [7, 11) is 4.66. The van der Waals surface area contributed by atoms with E-state index in [2.05, 4.69) is 16.0 Å². The minimum atomic E-state index is -0.705. The van der Waals surface area contributed by atoms with Gasteiger partial charge >= 0.3 is 0 Å². The van der Waals surface area contributed by atoms with Gasteiger partial charge in [-0.25, -0.2) is 0 Å². The lowest BCUT2D eigenvalue weighted by atomic mass is 9.95. The Labute approximate surface area is 274 Å². The molecule has 3 aromatic rings. The van der Waals surface area contributed by atoms with Crippen molar-refractivity contribution in [3.05, 3.63) is 69.9 Å². The molecule has 1 unspecified atom stereocenters. The zero-order valence-electron chi connectivity index (χ0n) is 27.7. The van der Waals surface area contributed by atoms with Crippen molar-refractivity contribution in [1.82, 2.24) is 10.6 Å². The van der Waals surface area contributed by atoms with Crippen molar-refractivity contribution < 1.29 is 33.3 Å². The third-order valence-corrected chi connectivity index (χ3v) is 8.79. The highest BCUT2D eigenvalue weighted by atomic mass is 16.6. The Morgan fingerprint density at radius 3 is 2.43 bits per heavy atom. The van der Waals surface area contributed by atoms with Gasteiger partial charge in [0.05, 0.1) is 39.6 Å². The average Bonchev–Trinajstić information content (AvgIpc) is 3.32. The molecule has 0 bridgehead atoms. The minimum absolute atomic E-state index is 0.105. The summed E-state index contributed by atoms with van der Waals surface area (Å²) >= 11 is 0. The topological polar surface area (TPSA) is 133 Å². The van der Waals surface area contributed by atoms with E-state index in [1.807, 2.05) is 50.2 Å². The van der Waals surface area contributed by atoms with Gasteiger partial charge in [-0.3, -0.25) is 14.4 Å². The van der Waals surface area contributed by atoms with Crippen molar-refractivity contribution in [3.8, 4) is 39.9 Å². The zero-order chi connectivity index (χ0) is 33.7. The summed E-state index contributed by atoms with van der Waals surface area (Å²) in [5.74, 6) is 2.14. The van der Waals surface area contributed by atoms with Crippen LogP contribution in [0.3, 0.4) is 0 Å². The Hall–Kier alpha value is -4.93. The third-order valence-electron chi connectivity index (χ3n) is 8.79. The number of hydrogen-bond donors (Lipinski definition) is 3. The normalized spacial score (nSPS) is 17.5. The molecule has 1 heterocycles. The molecule has 1 aliphatic heterocycles. The van der Waals surface area contributed by atoms with Crippen LogP contribution in [0.5, 0.6) is 28.7 Å².